The van der Waals surface area contributed by atoms with Crippen LogP contribution in [0.5, 0.6) is 0 Å². The number of nitrogens with one attached hydrogen (secondary N) is 1. The van der Waals surface area contributed by atoms with Crippen LogP contribution in [-0.4, -0.2) is 23.3 Å². The summed E-state index contributed by atoms with van der Waals surface area (Å²) in [5.41, 5.74) is 0. The van der Waals surface area contributed by atoms with Gasteiger partial charge in [0.1, 0.15) is 5.03 Å². The molecule has 1 heterocycles. The van der Waals surface area contributed by atoms with Crippen LogP contribution >= 0.6 is 27.7 Å². The maximum atomic E-state index is 4.48. The zero-order chi connectivity index (χ0) is 13.1. The van der Waals surface area contributed by atoms with E-state index in [0.29, 0.717) is 11.3 Å². The summed E-state index contributed by atoms with van der Waals surface area (Å²) in [5, 5.41) is 5.21. The standard InChI is InChI=1S/C14H21BrN2S/c1-9-7-10(2)13(12(8-9)16-3)18-14-11(15)5-4-6-17-14/h4-6,9-10,12-13,16H,7-8H2,1-3H3. The Morgan fingerprint density at radius 2 is 2.17 bits per heavy atom. The summed E-state index contributed by atoms with van der Waals surface area (Å²) in [6.07, 6.45) is 4.46. The third kappa shape index (κ3) is 3.28. The van der Waals surface area contributed by atoms with Crippen LogP contribution in [0.15, 0.2) is 27.8 Å². The molecule has 100 valence electrons. The quantitative estimate of drug-likeness (QED) is 0.909. The molecule has 4 heteroatoms. The lowest BCUT2D eigenvalue weighted by Crippen LogP contribution is -2.44. The molecule has 0 radical (unpaired) electrons. The van der Waals surface area contributed by atoms with Crippen LogP contribution in [0.25, 0.3) is 0 Å². The summed E-state index contributed by atoms with van der Waals surface area (Å²) in [6.45, 7) is 4.73. The fourth-order valence-corrected chi connectivity index (χ4v) is 4.75. The molecule has 1 N–H and O–H groups in total. The lowest BCUT2D eigenvalue weighted by molar-refractivity contribution is 0.257. The summed E-state index contributed by atoms with van der Waals surface area (Å²) in [5.74, 6) is 1.55. The molecule has 1 aliphatic rings. The molecule has 0 amide bonds. The molecule has 2 nitrogen and oxygen atoms in total. The van der Waals surface area contributed by atoms with Gasteiger partial charge in [-0.25, -0.2) is 4.98 Å². The van der Waals surface area contributed by atoms with Crippen LogP contribution in [0.3, 0.4) is 0 Å². The molecule has 1 aromatic rings. The Morgan fingerprint density at radius 1 is 1.39 bits per heavy atom. The van der Waals surface area contributed by atoms with Crippen LogP contribution in [0.4, 0.5) is 0 Å². The average Bonchev–Trinajstić information content (AvgIpc) is 2.34. The number of rotatable bonds is 3. The smallest absolute Gasteiger partial charge is 0.110 e. The van der Waals surface area contributed by atoms with E-state index in [2.05, 4.69) is 53.2 Å². The SMILES string of the molecule is CNC1CC(C)CC(C)C1Sc1ncccc1Br. The van der Waals surface area contributed by atoms with Gasteiger partial charge in [-0.05, 0) is 59.8 Å². The number of nitrogens with zero attached hydrogens (tertiary/aromatic N) is 1. The molecule has 0 bridgehead atoms. The maximum Gasteiger partial charge on any atom is 0.110 e. The molecule has 1 saturated carbocycles. The van der Waals surface area contributed by atoms with Gasteiger partial charge in [0, 0.05) is 22.0 Å². The third-order valence-electron chi connectivity index (χ3n) is 3.73. The zero-order valence-corrected chi connectivity index (χ0v) is 13.6. The van der Waals surface area contributed by atoms with Crippen molar-refractivity contribution in [3.8, 4) is 0 Å². The fourth-order valence-electron chi connectivity index (χ4n) is 2.90. The van der Waals surface area contributed by atoms with Crippen molar-refractivity contribution in [2.45, 2.75) is 43.0 Å². The Balaban J connectivity index is 2.13. The second kappa shape index (κ2) is 6.40. The highest BCUT2D eigenvalue weighted by atomic mass is 79.9. The van der Waals surface area contributed by atoms with E-state index in [1.807, 2.05) is 24.0 Å². The van der Waals surface area contributed by atoms with Crippen LogP contribution in [0.2, 0.25) is 0 Å². The Bertz CT molecular complexity index is 399. The predicted molar refractivity (Wildman–Crippen MR) is 82.0 cm³/mol. The third-order valence-corrected chi connectivity index (χ3v) is 6.25. The highest BCUT2D eigenvalue weighted by Gasteiger charge is 2.34. The van der Waals surface area contributed by atoms with E-state index in [1.54, 1.807) is 0 Å². The van der Waals surface area contributed by atoms with Gasteiger partial charge in [0.15, 0.2) is 0 Å². The van der Waals surface area contributed by atoms with Crippen LogP contribution in [0, 0.1) is 11.8 Å². The van der Waals surface area contributed by atoms with Crippen molar-refractivity contribution in [2.75, 3.05) is 7.05 Å². The van der Waals surface area contributed by atoms with Crippen LogP contribution in [-0.2, 0) is 0 Å². The van der Waals surface area contributed by atoms with Crippen molar-refractivity contribution in [2.24, 2.45) is 11.8 Å². The molecule has 2 rings (SSSR count). The van der Waals surface area contributed by atoms with E-state index in [-0.39, 0.29) is 0 Å². The van der Waals surface area contributed by atoms with Gasteiger partial charge in [0.2, 0.25) is 0 Å². The number of aromatic nitrogens is 1. The van der Waals surface area contributed by atoms with Gasteiger partial charge in [-0.15, -0.1) is 0 Å². The molecule has 4 unspecified atom stereocenters. The number of hydrogen-bond donors (Lipinski definition) is 1. The molecule has 0 saturated heterocycles. The lowest BCUT2D eigenvalue weighted by atomic mass is 9.80. The normalized spacial score (nSPS) is 32.4. The minimum absolute atomic E-state index is 0.586. The first-order chi connectivity index (χ1) is 8.61. The van der Waals surface area contributed by atoms with Crippen molar-refractivity contribution in [1.82, 2.24) is 10.3 Å². The molecular formula is C14H21BrN2S. The van der Waals surface area contributed by atoms with E-state index >= 15 is 0 Å². The van der Waals surface area contributed by atoms with Gasteiger partial charge in [0.25, 0.3) is 0 Å². The Kier molecular flexibility index (Phi) is 5.10. The second-order valence-corrected chi connectivity index (χ2v) is 7.34. The molecule has 1 aliphatic carbocycles. The van der Waals surface area contributed by atoms with Crippen LogP contribution < -0.4 is 5.32 Å². The first-order valence-electron chi connectivity index (χ1n) is 6.56. The molecule has 18 heavy (non-hydrogen) atoms. The van der Waals surface area contributed by atoms with E-state index in [1.165, 1.54) is 12.8 Å². The highest BCUT2D eigenvalue weighted by Crippen LogP contribution is 2.40. The summed E-state index contributed by atoms with van der Waals surface area (Å²) >= 11 is 5.51. The average molecular weight is 329 g/mol. The second-order valence-electron chi connectivity index (χ2n) is 5.32. The first-order valence-corrected chi connectivity index (χ1v) is 8.23. The summed E-state index contributed by atoms with van der Waals surface area (Å²) < 4.78 is 1.11. The monoisotopic (exact) mass is 328 g/mol. The van der Waals surface area contributed by atoms with Crippen molar-refractivity contribution in [3.05, 3.63) is 22.8 Å². The van der Waals surface area contributed by atoms with Gasteiger partial charge in [-0.2, -0.15) is 0 Å². The number of halogens is 1. The van der Waals surface area contributed by atoms with E-state index in [0.717, 1.165) is 21.3 Å². The summed E-state index contributed by atoms with van der Waals surface area (Å²) in [7, 11) is 2.08. The minimum atomic E-state index is 0.586. The molecule has 1 aromatic heterocycles. The summed E-state index contributed by atoms with van der Waals surface area (Å²) in [6, 6.07) is 4.62. The van der Waals surface area contributed by atoms with Gasteiger partial charge in [-0.1, -0.05) is 25.6 Å². The maximum absolute atomic E-state index is 4.48. The van der Waals surface area contributed by atoms with Crippen molar-refractivity contribution < 1.29 is 0 Å². The predicted octanol–water partition coefficient (Wildman–Crippen LogP) is 3.96. The van der Waals surface area contributed by atoms with Gasteiger partial charge >= 0.3 is 0 Å². The molecule has 1 fully saturated rings. The van der Waals surface area contributed by atoms with E-state index in [9.17, 15) is 0 Å². The largest absolute Gasteiger partial charge is 0.316 e. The number of pyridine rings is 1. The zero-order valence-electron chi connectivity index (χ0n) is 11.2. The van der Waals surface area contributed by atoms with Crippen molar-refractivity contribution in [3.63, 3.8) is 0 Å². The molecule has 0 aromatic carbocycles. The Morgan fingerprint density at radius 3 is 2.83 bits per heavy atom. The first kappa shape index (κ1) is 14.4. The molecule has 0 aliphatic heterocycles. The topological polar surface area (TPSA) is 24.9 Å². The van der Waals surface area contributed by atoms with E-state index < -0.39 is 0 Å². The van der Waals surface area contributed by atoms with Crippen molar-refractivity contribution in [1.29, 1.82) is 0 Å². The van der Waals surface area contributed by atoms with Gasteiger partial charge < -0.3 is 5.32 Å². The minimum Gasteiger partial charge on any atom is -0.316 e. The number of hydrogen-bond acceptors (Lipinski definition) is 3. The molecule has 0 spiro atoms. The number of thioether (sulfide) groups is 1. The molecule has 4 atom stereocenters. The summed E-state index contributed by atoms with van der Waals surface area (Å²) in [4.78, 5) is 4.48. The van der Waals surface area contributed by atoms with E-state index in [4.69, 9.17) is 0 Å². The Labute approximate surface area is 122 Å². The van der Waals surface area contributed by atoms with Gasteiger partial charge in [0.05, 0.1) is 0 Å². The van der Waals surface area contributed by atoms with Crippen LogP contribution in [0.1, 0.15) is 26.7 Å². The van der Waals surface area contributed by atoms with Gasteiger partial charge in [-0.3, -0.25) is 0 Å². The Hall–Kier alpha value is -0.0600. The molecular weight excluding hydrogens is 308 g/mol. The highest BCUT2D eigenvalue weighted by molar-refractivity contribution is 9.10. The fraction of sp³-hybridized carbons (Fsp3) is 0.643. The van der Waals surface area contributed by atoms with Crippen molar-refractivity contribution >= 4 is 27.7 Å². The lowest BCUT2D eigenvalue weighted by Gasteiger charge is -2.39.